The van der Waals surface area contributed by atoms with Gasteiger partial charge in [-0.15, -0.1) is 5.10 Å². The number of rotatable bonds is 3. The maximum Gasteiger partial charge on any atom is 0.236 e. The van der Waals surface area contributed by atoms with Crippen LogP contribution in [0.15, 0.2) is 6.33 Å². The molecule has 10 heteroatoms. The van der Waals surface area contributed by atoms with E-state index in [4.69, 9.17) is 4.74 Å². The number of aryl methyl sites for hydroxylation is 1. The minimum atomic E-state index is 0.0988. The van der Waals surface area contributed by atoms with E-state index in [9.17, 15) is 4.79 Å². The van der Waals surface area contributed by atoms with Crippen LogP contribution in [0.3, 0.4) is 0 Å². The molecule has 4 heterocycles. The van der Waals surface area contributed by atoms with Crippen LogP contribution in [0.4, 0.5) is 5.82 Å². The van der Waals surface area contributed by atoms with Crippen molar-refractivity contribution in [1.82, 2.24) is 34.8 Å². The molecule has 2 saturated heterocycles. The summed E-state index contributed by atoms with van der Waals surface area (Å²) in [4.78, 5) is 27.6. The van der Waals surface area contributed by atoms with E-state index in [-0.39, 0.29) is 18.1 Å². The highest BCUT2D eigenvalue weighted by atomic mass is 16.5. The summed E-state index contributed by atoms with van der Waals surface area (Å²) in [6.45, 7) is 9.06. The highest BCUT2D eigenvalue weighted by Crippen LogP contribution is 2.21. The third-order valence-corrected chi connectivity index (χ3v) is 5.17. The van der Waals surface area contributed by atoms with Crippen LogP contribution in [0.2, 0.25) is 0 Å². The second kappa shape index (κ2) is 7.35. The number of nitrogens with zero attached hydrogens (tertiary/aromatic N) is 8. The fourth-order valence-corrected chi connectivity index (χ4v) is 3.86. The molecule has 10 nitrogen and oxygen atoms in total. The van der Waals surface area contributed by atoms with E-state index in [2.05, 4.69) is 30.1 Å². The molecule has 2 aromatic rings. The lowest BCUT2D eigenvalue weighted by Gasteiger charge is -2.38. The Hall–Kier alpha value is -2.33. The molecule has 0 bridgehead atoms. The molecule has 0 aromatic carbocycles. The lowest BCUT2D eigenvalue weighted by atomic mass is 10.2. The number of hydrogen-bond donors (Lipinski definition) is 0. The first-order valence-electron chi connectivity index (χ1n) is 9.42. The van der Waals surface area contributed by atoms with Crippen LogP contribution in [0.1, 0.15) is 13.8 Å². The predicted octanol–water partition coefficient (Wildman–Crippen LogP) is -0.484. The van der Waals surface area contributed by atoms with Crippen molar-refractivity contribution >= 4 is 22.9 Å². The van der Waals surface area contributed by atoms with Crippen molar-refractivity contribution in [3.05, 3.63) is 6.33 Å². The second-order valence-electron chi connectivity index (χ2n) is 7.40. The summed E-state index contributed by atoms with van der Waals surface area (Å²) in [7, 11) is 1.82. The topological polar surface area (TPSA) is 92.5 Å². The van der Waals surface area contributed by atoms with Crippen LogP contribution in [0.25, 0.3) is 11.2 Å². The first-order chi connectivity index (χ1) is 13.0. The van der Waals surface area contributed by atoms with Crippen molar-refractivity contribution < 1.29 is 9.53 Å². The van der Waals surface area contributed by atoms with Crippen molar-refractivity contribution in [2.24, 2.45) is 7.05 Å². The Balaban J connectivity index is 1.35. The molecule has 0 spiro atoms. The van der Waals surface area contributed by atoms with Crippen LogP contribution < -0.4 is 4.90 Å². The first kappa shape index (κ1) is 18.1. The number of anilines is 1. The molecule has 146 valence electrons. The summed E-state index contributed by atoms with van der Waals surface area (Å²) in [5.74, 6) is 0.999. The number of aromatic nitrogens is 5. The molecule has 27 heavy (non-hydrogen) atoms. The lowest BCUT2D eigenvalue weighted by molar-refractivity contribution is -0.144. The zero-order valence-electron chi connectivity index (χ0n) is 16.1. The van der Waals surface area contributed by atoms with E-state index < -0.39 is 0 Å². The van der Waals surface area contributed by atoms with Gasteiger partial charge in [0.2, 0.25) is 5.91 Å². The third kappa shape index (κ3) is 3.72. The molecule has 1 amide bonds. The molecule has 0 aliphatic carbocycles. The molecular weight excluding hydrogens is 348 g/mol. The van der Waals surface area contributed by atoms with Crippen LogP contribution in [0.5, 0.6) is 0 Å². The van der Waals surface area contributed by atoms with Crippen molar-refractivity contribution in [2.45, 2.75) is 26.1 Å². The van der Waals surface area contributed by atoms with Crippen molar-refractivity contribution in [3.8, 4) is 0 Å². The SMILES string of the molecule is CC1CN(C(=O)CN2CCN(c3ncnc4c3nnn4C)CC2)CC(C)O1. The highest BCUT2D eigenvalue weighted by molar-refractivity contribution is 5.82. The third-order valence-electron chi connectivity index (χ3n) is 5.17. The number of carbonyl (C=O) groups excluding carboxylic acids is 1. The van der Waals surface area contributed by atoms with Crippen LogP contribution in [-0.2, 0) is 16.6 Å². The number of morpholine rings is 1. The maximum atomic E-state index is 12.7. The van der Waals surface area contributed by atoms with Gasteiger partial charge in [0.05, 0.1) is 18.8 Å². The normalized spacial score (nSPS) is 24.6. The zero-order valence-corrected chi connectivity index (χ0v) is 16.1. The van der Waals surface area contributed by atoms with Gasteiger partial charge in [-0.3, -0.25) is 9.69 Å². The van der Waals surface area contributed by atoms with E-state index in [0.29, 0.717) is 19.6 Å². The summed E-state index contributed by atoms with van der Waals surface area (Å²) in [5.41, 5.74) is 1.45. The monoisotopic (exact) mass is 374 g/mol. The molecular formula is C17H26N8O2. The predicted molar refractivity (Wildman–Crippen MR) is 99.3 cm³/mol. The largest absolute Gasteiger partial charge is 0.372 e. The molecule has 0 radical (unpaired) electrons. The van der Waals surface area contributed by atoms with E-state index in [0.717, 1.165) is 43.2 Å². The van der Waals surface area contributed by atoms with Gasteiger partial charge in [-0.05, 0) is 13.8 Å². The van der Waals surface area contributed by atoms with Gasteiger partial charge in [-0.2, -0.15) is 0 Å². The fraction of sp³-hybridized carbons (Fsp3) is 0.706. The Morgan fingerprint density at radius 2 is 1.85 bits per heavy atom. The number of piperazine rings is 1. The van der Waals surface area contributed by atoms with E-state index in [1.807, 2.05) is 25.8 Å². The second-order valence-corrected chi connectivity index (χ2v) is 7.40. The van der Waals surface area contributed by atoms with Gasteiger partial charge in [0, 0.05) is 46.3 Å². The average Bonchev–Trinajstić information content (AvgIpc) is 3.03. The Labute approximate surface area is 158 Å². The molecule has 0 N–H and O–H groups in total. The quantitative estimate of drug-likeness (QED) is 0.711. The van der Waals surface area contributed by atoms with Gasteiger partial charge in [-0.25, -0.2) is 14.6 Å². The summed E-state index contributed by atoms with van der Waals surface area (Å²) >= 11 is 0. The van der Waals surface area contributed by atoms with Gasteiger partial charge in [0.25, 0.3) is 0 Å². The Morgan fingerprint density at radius 3 is 2.56 bits per heavy atom. The van der Waals surface area contributed by atoms with Crippen molar-refractivity contribution in [1.29, 1.82) is 0 Å². The van der Waals surface area contributed by atoms with Crippen LogP contribution in [0, 0.1) is 0 Å². The molecule has 2 fully saturated rings. The Bertz CT molecular complexity index is 806. The number of hydrogen-bond acceptors (Lipinski definition) is 8. The summed E-state index contributed by atoms with van der Waals surface area (Å²) < 4.78 is 7.37. The molecule has 2 aromatic heterocycles. The molecule has 2 unspecified atom stereocenters. The molecule has 2 aliphatic heterocycles. The van der Waals surface area contributed by atoms with Gasteiger partial charge < -0.3 is 14.5 Å². The van der Waals surface area contributed by atoms with Crippen molar-refractivity contribution in [3.63, 3.8) is 0 Å². The standard InChI is InChI=1S/C17H26N8O2/c1-12-8-25(9-13(2)27-12)14(26)10-23-4-6-24(7-5-23)17-15-16(18-11-19-17)22(3)21-20-15/h11-13H,4-10H2,1-3H3. The molecule has 2 atom stereocenters. The molecule has 2 aliphatic rings. The van der Waals surface area contributed by atoms with Gasteiger partial charge in [0.1, 0.15) is 6.33 Å². The highest BCUT2D eigenvalue weighted by Gasteiger charge is 2.28. The van der Waals surface area contributed by atoms with E-state index in [1.165, 1.54) is 0 Å². The smallest absolute Gasteiger partial charge is 0.236 e. The number of amides is 1. The van der Waals surface area contributed by atoms with Gasteiger partial charge >= 0.3 is 0 Å². The van der Waals surface area contributed by atoms with Gasteiger partial charge in [-0.1, -0.05) is 5.21 Å². The average molecular weight is 374 g/mol. The number of fused-ring (bicyclic) bond motifs is 1. The number of carbonyl (C=O) groups is 1. The summed E-state index contributed by atoms with van der Waals surface area (Å²) in [6, 6.07) is 0. The van der Waals surface area contributed by atoms with E-state index >= 15 is 0 Å². The molecule has 0 saturated carbocycles. The van der Waals surface area contributed by atoms with Gasteiger partial charge in [0.15, 0.2) is 17.0 Å². The minimum Gasteiger partial charge on any atom is -0.372 e. The van der Waals surface area contributed by atoms with Crippen LogP contribution >= 0.6 is 0 Å². The Kier molecular flexibility index (Phi) is 4.92. The maximum absolute atomic E-state index is 12.7. The first-order valence-corrected chi connectivity index (χ1v) is 9.42. The van der Waals surface area contributed by atoms with Crippen LogP contribution in [-0.4, -0.2) is 98.7 Å². The summed E-state index contributed by atoms with van der Waals surface area (Å²) in [5, 5.41) is 8.23. The Morgan fingerprint density at radius 1 is 1.15 bits per heavy atom. The van der Waals surface area contributed by atoms with E-state index in [1.54, 1.807) is 11.0 Å². The molecule has 4 rings (SSSR count). The van der Waals surface area contributed by atoms with Crippen molar-refractivity contribution in [2.75, 3.05) is 50.7 Å². The lowest BCUT2D eigenvalue weighted by Crippen LogP contribution is -2.54. The minimum absolute atomic E-state index is 0.0988. The zero-order chi connectivity index (χ0) is 19.0. The fourth-order valence-electron chi connectivity index (χ4n) is 3.86. The number of ether oxygens (including phenoxy) is 1. The summed E-state index contributed by atoms with van der Waals surface area (Å²) in [6.07, 6.45) is 1.75.